The Kier molecular flexibility index (Phi) is 4.03. The van der Waals surface area contributed by atoms with E-state index in [4.69, 9.17) is 0 Å². The molecule has 2 N–H and O–H groups in total. The SMILES string of the molecule is COC(=O)CC(O)C(O)c1cn(C)nc1C. The maximum atomic E-state index is 10.9. The zero-order valence-electron chi connectivity index (χ0n) is 9.54. The molecule has 1 heterocycles. The largest absolute Gasteiger partial charge is 0.469 e. The number of methoxy groups -OCH3 is 1. The molecule has 1 rings (SSSR count). The number of hydrogen-bond donors (Lipinski definition) is 2. The fourth-order valence-electron chi connectivity index (χ4n) is 1.48. The van der Waals surface area contributed by atoms with E-state index in [0.29, 0.717) is 11.3 Å². The average molecular weight is 228 g/mol. The Hall–Kier alpha value is -1.40. The van der Waals surface area contributed by atoms with Gasteiger partial charge in [0.15, 0.2) is 0 Å². The minimum atomic E-state index is -1.18. The summed E-state index contributed by atoms with van der Waals surface area (Å²) in [4.78, 5) is 10.9. The summed E-state index contributed by atoms with van der Waals surface area (Å²) in [6, 6.07) is 0. The highest BCUT2D eigenvalue weighted by atomic mass is 16.5. The molecule has 2 unspecified atom stereocenters. The quantitative estimate of drug-likeness (QED) is 0.690. The minimum absolute atomic E-state index is 0.244. The van der Waals surface area contributed by atoms with Crippen LogP contribution in [-0.2, 0) is 16.6 Å². The Labute approximate surface area is 93.5 Å². The molecule has 6 heteroatoms. The highest BCUT2D eigenvalue weighted by molar-refractivity contribution is 5.69. The number of esters is 1. The zero-order chi connectivity index (χ0) is 12.3. The van der Waals surface area contributed by atoms with Crippen LogP contribution in [0.1, 0.15) is 23.8 Å². The van der Waals surface area contributed by atoms with Gasteiger partial charge in [0.1, 0.15) is 6.10 Å². The number of carbonyl (C=O) groups is 1. The monoisotopic (exact) mass is 228 g/mol. The Morgan fingerprint density at radius 1 is 1.62 bits per heavy atom. The van der Waals surface area contributed by atoms with Crippen molar-refractivity contribution in [2.45, 2.75) is 25.6 Å². The van der Waals surface area contributed by atoms with Crippen molar-refractivity contribution in [2.24, 2.45) is 7.05 Å². The number of hydrogen-bond acceptors (Lipinski definition) is 5. The fraction of sp³-hybridized carbons (Fsp3) is 0.600. The summed E-state index contributed by atoms with van der Waals surface area (Å²) in [5.41, 5.74) is 1.14. The van der Waals surface area contributed by atoms with Crippen molar-refractivity contribution in [2.75, 3.05) is 7.11 Å². The lowest BCUT2D eigenvalue weighted by Gasteiger charge is -2.15. The van der Waals surface area contributed by atoms with E-state index >= 15 is 0 Å². The van der Waals surface area contributed by atoms with Gasteiger partial charge in [0.05, 0.1) is 25.3 Å². The Bertz CT molecular complexity index is 375. The maximum Gasteiger partial charge on any atom is 0.308 e. The van der Waals surface area contributed by atoms with Crippen molar-refractivity contribution >= 4 is 5.97 Å². The summed E-state index contributed by atoms with van der Waals surface area (Å²) in [5.74, 6) is -0.562. The van der Waals surface area contributed by atoms with Crippen LogP contribution in [0.15, 0.2) is 6.20 Å². The van der Waals surface area contributed by atoms with E-state index < -0.39 is 18.2 Å². The lowest BCUT2D eigenvalue weighted by molar-refractivity contribution is -0.144. The van der Waals surface area contributed by atoms with Gasteiger partial charge in [0.2, 0.25) is 0 Å². The molecule has 90 valence electrons. The first-order valence-corrected chi connectivity index (χ1v) is 4.88. The predicted molar refractivity (Wildman–Crippen MR) is 55.5 cm³/mol. The van der Waals surface area contributed by atoms with E-state index in [2.05, 4.69) is 9.84 Å². The number of aliphatic hydroxyl groups excluding tert-OH is 2. The van der Waals surface area contributed by atoms with Gasteiger partial charge in [-0.2, -0.15) is 5.10 Å². The second kappa shape index (κ2) is 5.09. The summed E-state index contributed by atoms with van der Waals surface area (Å²) >= 11 is 0. The molecule has 0 spiro atoms. The molecular formula is C10H16N2O4. The van der Waals surface area contributed by atoms with Gasteiger partial charge in [0, 0.05) is 18.8 Å². The number of rotatable bonds is 4. The smallest absolute Gasteiger partial charge is 0.308 e. The van der Waals surface area contributed by atoms with Crippen LogP contribution in [0.25, 0.3) is 0 Å². The van der Waals surface area contributed by atoms with Gasteiger partial charge in [-0.05, 0) is 6.92 Å². The summed E-state index contributed by atoms with van der Waals surface area (Å²) in [6.45, 7) is 1.73. The van der Waals surface area contributed by atoms with Gasteiger partial charge in [-0.25, -0.2) is 0 Å². The Morgan fingerprint density at radius 3 is 2.69 bits per heavy atom. The first kappa shape index (κ1) is 12.7. The lowest BCUT2D eigenvalue weighted by atomic mass is 10.0. The molecule has 1 aromatic rings. The third-order valence-electron chi connectivity index (χ3n) is 2.34. The van der Waals surface area contributed by atoms with Crippen LogP contribution in [0.2, 0.25) is 0 Å². The molecule has 0 bridgehead atoms. The summed E-state index contributed by atoms with van der Waals surface area (Å²) in [5, 5.41) is 23.5. The standard InChI is InChI=1S/C10H16N2O4/c1-6-7(5-12(2)11-6)10(15)8(13)4-9(14)16-3/h5,8,10,13,15H,4H2,1-3H3. The van der Waals surface area contributed by atoms with Crippen LogP contribution >= 0.6 is 0 Å². The van der Waals surface area contributed by atoms with Crippen molar-refractivity contribution in [1.82, 2.24) is 9.78 Å². The summed E-state index contributed by atoms with van der Waals surface area (Å²) < 4.78 is 5.95. The van der Waals surface area contributed by atoms with Crippen LogP contribution in [0.5, 0.6) is 0 Å². The van der Waals surface area contributed by atoms with Crippen molar-refractivity contribution in [1.29, 1.82) is 0 Å². The first-order valence-electron chi connectivity index (χ1n) is 4.88. The number of aliphatic hydroxyl groups is 2. The van der Waals surface area contributed by atoms with Gasteiger partial charge in [0.25, 0.3) is 0 Å². The minimum Gasteiger partial charge on any atom is -0.469 e. The normalized spacial score (nSPS) is 14.6. The van der Waals surface area contributed by atoms with Gasteiger partial charge in [-0.1, -0.05) is 0 Å². The molecule has 1 aromatic heterocycles. The van der Waals surface area contributed by atoms with E-state index in [-0.39, 0.29) is 6.42 Å². The van der Waals surface area contributed by atoms with Crippen molar-refractivity contribution in [3.05, 3.63) is 17.5 Å². The van der Waals surface area contributed by atoms with Crippen molar-refractivity contribution in [3.8, 4) is 0 Å². The molecule has 0 saturated carbocycles. The molecule has 16 heavy (non-hydrogen) atoms. The topological polar surface area (TPSA) is 84.6 Å². The van der Waals surface area contributed by atoms with Gasteiger partial charge < -0.3 is 14.9 Å². The molecule has 0 radical (unpaired) electrons. The molecular weight excluding hydrogens is 212 g/mol. The number of carbonyl (C=O) groups excluding carboxylic acids is 1. The Balaban J connectivity index is 2.73. The van der Waals surface area contributed by atoms with Crippen LogP contribution in [-0.4, -0.2) is 39.2 Å². The van der Waals surface area contributed by atoms with Crippen LogP contribution in [0.3, 0.4) is 0 Å². The van der Waals surface area contributed by atoms with Gasteiger partial charge in [-0.15, -0.1) is 0 Å². The second-order valence-corrected chi connectivity index (χ2v) is 3.64. The van der Waals surface area contributed by atoms with E-state index in [9.17, 15) is 15.0 Å². The number of aryl methyl sites for hydroxylation is 2. The molecule has 0 amide bonds. The van der Waals surface area contributed by atoms with Crippen LogP contribution in [0.4, 0.5) is 0 Å². The predicted octanol–water partition coefficient (Wildman–Crippen LogP) is -0.314. The molecule has 0 aliphatic heterocycles. The average Bonchev–Trinajstić information content (AvgIpc) is 2.56. The molecule has 6 nitrogen and oxygen atoms in total. The first-order chi connectivity index (χ1) is 7.45. The van der Waals surface area contributed by atoms with E-state index in [0.717, 1.165) is 0 Å². The van der Waals surface area contributed by atoms with Crippen molar-refractivity contribution < 1.29 is 19.7 Å². The van der Waals surface area contributed by atoms with Crippen LogP contribution < -0.4 is 0 Å². The highest BCUT2D eigenvalue weighted by Gasteiger charge is 2.24. The van der Waals surface area contributed by atoms with E-state index in [1.807, 2.05) is 0 Å². The van der Waals surface area contributed by atoms with Gasteiger partial charge in [-0.3, -0.25) is 9.48 Å². The molecule has 0 aliphatic rings. The molecule has 0 fully saturated rings. The summed E-state index contributed by atoms with van der Waals surface area (Å²) in [7, 11) is 2.95. The second-order valence-electron chi connectivity index (χ2n) is 3.64. The van der Waals surface area contributed by atoms with Crippen molar-refractivity contribution in [3.63, 3.8) is 0 Å². The zero-order valence-corrected chi connectivity index (χ0v) is 9.54. The van der Waals surface area contributed by atoms with Crippen LogP contribution in [0, 0.1) is 6.92 Å². The summed E-state index contributed by atoms with van der Waals surface area (Å²) in [6.07, 6.45) is -0.949. The molecule has 0 aromatic carbocycles. The van der Waals surface area contributed by atoms with Gasteiger partial charge >= 0.3 is 5.97 Å². The Morgan fingerprint density at radius 2 is 2.25 bits per heavy atom. The molecule has 0 saturated heterocycles. The van der Waals surface area contributed by atoms with E-state index in [1.165, 1.54) is 7.11 Å². The van der Waals surface area contributed by atoms with E-state index in [1.54, 1.807) is 24.9 Å². The maximum absolute atomic E-state index is 10.9. The number of aromatic nitrogens is 2. The molecule has 2 atom stereocenters. The lowest BCUT2D eigenvalue weighted by Crippen LogP contribution is -2.22. The highest BCUT2D eigenvalue weighted by Crippen LogP contribution is 2.21. The number of nitrogens with zero attached hydrogens (tertiary/aromatic N) is 2. The molecule has 0 aliphatic carbocycles. The third-order valence-corrected chi connectivity index (χ3v) is 2.34. The number of ether oxygens (including phenoxy) is 1. The third kappa shape index (κ3) is 2.80. The fourth-order valence-corrected chi connectivity index (χ4v) is 1.48.